The number of nitrogens with one attached hydrogen (secondary N) is 2. The number of nitrogens with zero attached hydrogens (tertiary/aromatic N) is 2. The first-order valence-electron chi connectivity index (χ1n) is 10.1. The summed E-state index contributed by atoms with van der Waals surface area (Å²) in [5.74, 6) is 0.785. The van der Waals surface area contributed by atoms with Gasteiger partial charge >= 0.3 is 0 Å². The molecule has 8 heteroatoms. The van der Waals surface area contributed by atoms with Crippen LogP contribution >= 0.6 is 24.0 Å². The van der Waals surface area contributed by atoms with Crippen LogP contribution in [0.5, 0.6) is 0 Å². The van der Waals surface area contributed by atoms with E-state index in [0.29, 0.717) is 23.5 Å². The zero-order valence-corrected chi connectivity index (χ0v) is 22.1. The van der Waals surface area contributed by atoms with Crippen LogP contribution in [0.25, 0.3) is 0 Å². The molecule has 0 bridgehead atoms. The van der Waals surface area contributed by atoms with Crippen molar-refractivity contribution in [1.82, 2.24) is 15.5 Å². The number of aryl methyl sites for hydroxylation is 1. The first kappa shape index (κ1) is 28.1. The van der Waals surface area contributed by atoms with Gasteiger partial charge in [-0.15, -0.1) is 24.0 Å². The fourth-order valence-electron chi connectivity index (χ4n) is 3.32. The summed E-state index contributed by atoms with van der Waals surface area (Å²) in [6, 6.07) is 6.48. The molecule has 2 N–H and O–H groups in total. The minimum Gasteiger partial charge on any atom is -0.357 e. The highest BCUT2D eigenvalue weighted by Gasteiger charge is 2.13. The summed E-state index contributed by atoms with van der Waals surface area (Å²) in [4.78, 5) is 7.50. The Bertz CT molecular complexity index is 741. The lowest BCUT2D eigenvalue weighted by Gasteiger charge is -2.30. The van der Waals surface area contributed by atoms with E-state index < -0.39 is 9.84 Å². The van der Waals surface area contributed by atoms with Crippen LogP contribution < -0.4 is 10.6 Å². The minimum atomic E-state index is -3.19. The highest BCUT2D eigenvalue weighted by molar-refractivity contribution is 14.0. The largest absolute Gasteiger partial charge is 0.357 e. The number of guanidine groups is 1. The molecule has 0 fully saturated rings. The van der Waals surface area contributed by atoms with Crippen LogP contribution in [0.15, 0.2) is 28.1 Å². The molecule has 1 aromatic carbocycles. The summed E-state index contributed by atoms with van der Waals surface area (Å²) in [5.41, 5.74) is 1.75. The molecule has 6 nitrogen and oxygen atoms in total. The van der Waals surface area contributed by atoms with E-state index in [1.54, 1.807) is 6.07 Å². The van der Waals surface area contributed by atoms with E-state index in [9.17, 15) is 8.42 Å². The molecule has 0 amide bonds. The van der Waals surface area contributed by atoms with Gasteiger partial charge in [-0.1, -0.05) is 12.1 Å². The first-order chi connectivity index (χ1) is 13.1. The number of hydrogen-bond donors (Lipinski definition) is 2. The Labute approximate surface area is 194 Å². The number of benzene rings is 1. The molecule has 1 aromatic rings. The predicted molar refractivity (Wildman–Crippen MR) is 134 cm³/mol. The molecule has 0 aromatic heterocycles. The summed E-state index contributed by atoms with van der Waals surface area (Å²) < 4.78 is 23.5. The Kier molecular flexibility index (Phi) is 13.0. The summed E-state index contributed by atoms with van der Waals surface area (Å²) >= 11 is 0. The average molecular weight is 539 g/mol. The fourth-order valence-corrected chi connectivity index (χ4v) is 4.28. The molecule has 0 aliphatic carbocycles. The van der Waals surface area contributed by atoms with E-state index >= 15 is 0 Å². The third kappa shape index (κ3) is 10.1. The Morgan fingerprint density at radius 2 is 1.76 bits per heavy atom. The topological polar surface area (TPSA) is 73.8 Å². The maximum absolute atomic E-state index is 11.7. The molecule has 0 aliphatic heterocycles. The second-order valence-electron chi connectivity index (χ2n) is 7.77. The average Bonchev–Trinajstić information content (AvgIpc) is 2.57. The number of halogens is 1. The molecule has 0 atom stereocenters. The standard InChI is InChI=1S/C21H38N4O2S.HI/c1-8-22-21(23-12-9-13-25(16(2)3)17(4)5)24-15-19-10-11-20(18(6)14-19)28(7,26)27;/h10-11,14,16-17H,8-9,12-13,15H2,1-7H3,(H2,22,23,24);1H. The highest BCUT2D eigenvalue weighted by atomic mass is 127. The number of hydrogen-bond acceptors (Lipinski definition) is 4. The van der Waals surface area contributed by atoms with Crippen molar-refractivity contribution in [3.05, 3.63) is 29.3 Å². The van der Waals surface area contributed by atoms with E-state index in [1.165, 1.54) is 6.26 Å². The predicted octanol–water partition coefficient (Wildman–Crippen LogP) is 3.58. The molecule has 0 saturated carbocycles. The van der Waals surface area contributed by atoms with E-state index in [4.69, 9.17) is 0 Å². The van der Waals surface area contributed by atoms with Crippen molar-refractivity contribution in [1.29, 1.82) is 0 Å². The van der Waals surface area contributed by atoms with E-state index in [-0.39, 0.29) is 24.0 Å². The third-order valence-corrected chi connectivity index (χ3v) is 5.87. The summed E-state index contributed by atoms with van der Waals surface area (Å²) in [6.07, 6.45) is 2.28. The zero-order chi connectivity index (χ0) is 21.3. The van der Waals surface area contributed by atoms with E-state index in [2.05, 4.69) is 48.2 Å². The van der Waals surface area contributed by atoms with Crippen molar-refractivity contribution in [2.75, 3.05) is 25.9 Å². The van der Waals surface area contributed by atoms with Gasteiger partial charge in [0.2, 0.25) is 0 Å². The van der Waals surface area contributed by atoms with Gasteiger partial charge in [0.15, 0.2) is 15.8 Å². The second-order valence-corrected chi connectivity index (χ2v) is 9.76. The molecule has 0 radical (unpaired) electrons. The Morgan fingerprint density at radius 1 is 1.14 bits per heavy atom. The lowest BCUT2D eigenvalue weighted by atomic mass is 10.1. The lowest BCUT2D eigenvalue weighted by molar-refractivity contribution is 0.173. The van der Waals surface area contributed by atoms with E-state index in [0.717, 1.165) is 43.1 Å². The van der Waals surface area contributed by atoms with Gasteiger partial charge < -0.3 is 10.6 Å². The van der Waals surface area contributed by atoms with Gasteiger partial charge in [0.25, 0.3) is 0 Å². The SMILES string of the molecule is CCNC(=NCc1ccc(S(C)(=O)=O)c(C)c1)NCCCN(C(C)C)C(C)C.I. The summed E-state index contributed by atoms with van der Waals surface area (Å²) in [5, 5.41) is 6.66. The van der Waals surface area contributed by atoms with Gasteiger partial charge in [-0.3, -0.25) is 4.90 Å². The second kappa shape index (κ2) is 13.4. The van der Waals surface area contributed by atoms with Crippen molar-refractivity contribution in [3.8, 4) is 0 Å². The molecular formula is C21H39IN4O2S. The van der Waals surface area contributed by atoms with Crippen LogP contribution in [0.1, 0.15) is 52.2 Å². The molecule has 0 spiro atoms. The number of rotatable bonds is 10. The van der Waals surface area contributed by atoms with Crippen molar-refractivity contribution in [2.24, 2.45) is 4.99 Å². The minimum absolute atomic E-state index is 0. The Balaban J connectivity index is 0.00000784. The summed E-state index contributed by atoms with van der Waals surface area (Å²) in [6.45, 7) is 16.0. The van der Waals surface area contributed by atoms with Crippen LogP contribution in [0.2, 0.25) is 0 Å². The van der Waals surface area contributed by atoms with Crippen LogP contribution in [0, 0.1) is 6.92 Å². The normalized spacial score (nSPS) is 12.4. The van der Waals surface area contributed by atoms with Crippen LogP contribution in [0.4, 0.5) is 0 Å². The van der Waals surface area contributed by atoms with Crippen molar-refractivity contribution in [2.45, 2.75) is 71.5 Å². The fraction of sp³-hybridized carbons (Fsp3) is 0.667. The molecule has 0 heterocycles. The highest BCUT2D eigenvalue weighted by Crippen LogP contribution is 2.17. The molecule has 1 rings (SSSR count). The lowest BCUT2D eigenvalue weighted by Crippen LogP contribution is -2.41. The third-order valence-electron chi connectivity index (χ3n) is 4.61. The monoisotopic (exact) mass is 538 g/mol. The maximum atomic E-state index is 11.7. The van der Waals surface area contributed by atoms with E-state index in [1.807, 2.05) is 26.0 Å². The molecule has 0 unspecified atom stereocenters. The molecule has 0 aliphatic rings. The Morgan fingerprint density at radius 3 is 2.24 bits per heavy atom. The van der Waals surface area contributed by atoms with Gasteiger partial charge in [-0.2, -0.15) is 0 Å². The van der Waals surface area contributed by atoms with Gasteiger partial charge in [0.05, 0.1) is 11.4 Å². The van der Waals surface area contributed by atoms with Gasteiger partial charge in [-0.05, 0) is 65.2 Å². The van der Waals surface area contributed by atoms with Gasteiger partial charge in [0, 0.05) is 38.0 Å². The first-order valence-corrected chi connectivity index (χ1v) is 12.0. The quantitative estimate of drug-likeness (QED) is 0.206. The van der Waals surface area contributed by atoms with Crippen molar-refractivity contribution in [3.63, 3.8) is 0 Å². The molecule has 168 valence electrons. The van der Waals surface area contributed by atoms with Gasteiger partial charge in [-0.25, -0.2) is 13.4 Å². The molecule has 0 saturated heterocycles. The van der Waals surface area contributed by atoms with Crippen molar-refractivity contribution >= 4 is 39.8 Å². The van der Waals surface area contributed by atoms with Crippen LogP contribution in [0.3, 0.4) is 0 Å². The molecule has 29 heavy (non-hydrogen) atoms. The van der Waals surface area contributed by atoms with Crippen LogP contribution in [-0.2, 0) is 16.4 Å². The van der Waals surface area contributed by atoms with Crippen LogP contribution in [-0.4, -0.2) is 57.3 Å². The smallest absolute Gasteiger partial charge is 0.191 e. The summed E-state index contributed by atoms with van der Waals surface area (Å²) in [7, 11) is -3.19. The Hall–Kier alpha value is -0.870. The number of sulfone groups is 1. The maximum Gasteiger partial charge on any atom is 0.191 e. The van der Waals surface area contributed by atoms with Crippen molar-refractivity contribution < 1.29 is 8.42 Å². The zero-order valence-electron chi connectivity index (χ0n) is 18.9. The molecular weight excluding hydrogens is 499 g/mol. The van der Waals surface area contributed by atoms with Gasteiger partial charge in [0.1, 0.15) is 0 Å². The number of aliphatic imine (C=N–C) groups is 1.